The maximum atomic E-state index is 13.5. The highest BCUT2D eigenvalue weighted by molar-refractivity contribution is 9.10. The average molecular weight is 330 g/mol. The summed E-state index contributed by atoms with van der Waals surface area (Å²) < 4.78 is 13.9. The number of piperidine rings is 1. The van der Waals surface area contributed by atoms with E-state index in [-0.39, 0.29) is 5.82 Å². The van der Waals surface area contributed by atoms with Crippen LogP contribution in [0.15, 0.2) is 22.7 Å². The van der Waals surface area contributed by atoms with E-state index in [0.29, 0.717) is 24.0 Å². The van der Waals surface area contributed by atoms with E-state index in [9.17, 15) is 14.3 Å². The third kappa shape index (κ3) is 3.34. The van der Waals surface area contributed by atoms with Crippen molar-refractivity contribution in [1.82, 2.24) is 4.90 Å². The van der Waals surface area contributed by atoms with Gasteiger partial charge in [-0.2, -0.15) is 0 Å². The highest BCUT2D eigenvalue weighted by Gasteiger charge is 2.37. The van der Waals surface area contributed by atoms with Gasteiger partial charge < -0.3 is 5.11 Å². The monoisotopic (exact) mass is 329 g/mol. The molecule has 1 aliphatic heterocycles. The minimum Gasteiger partial charge on any atom is -0.481 e. The Kier molecular flexibility index (Phi) is 4.26. The van der Waals surface area contributed by atoms with Crippen LogP contribution in [0.25, 0.3) is 0 Å². The number of carboxylic acid groups (broad SMARTS) is 1. The normalized spacial score (nSPS) is 24.4. The molecular formula is C14H17BrFNO2. The molecule has 0 bridgehead atoms. The van der Waals surface area contributed by atoms with E-state index in [4.69, 9.17) is 0 Å². The van der Waals surface area contributed by atoms with Crippen LogP contribution in [-0.2, 0) is 11.3 Å². The quantitative estimate of drug-likeness (QED) is 0.925. The van der Waals surface area contributed by atoms with Crippen LogP contribution in [0.4, 0.5) is 4.39 Å². The van der Waals surface area contributed by atoms with Gasteiger partial charge in [0.25, 0.3) is 0 Å². The molecule has 0 saturated carbocycles. The minimum atomic E-state index is -0.751. The third-order valence-corrected chi connectivity index (χ3v) is 4.33. The highest BCUT2D eigenvalue weighted by atomic mass is 79.9. The summed E-state index contributed by atoms with van der Waals surface area (Å²) in [5.41, 5.74) is 0.182. The zero-order valence-corrected chi connectivity index (χ0v) is 12.4. The third-order valence-electron chi connectivity index (χ3n) is 3.68. The van der Waals surface area contributed by atoms with Gasteiger partial charge >= 0.3 is 5.97 Å². The fourth-order valence-electron chi connectivity index (χ4n) is 2.55. The molecule has 5 heteroatoms. The summed E-state index contributed by atoms with van der Waals surface area (Å²) in [5.74, 6) is -1.03. The Morgan fingerprint density at radius 1 is 1.58 bits per heavy atom. The van der Waals surface area contributed by atoms with Gasteiger partial charge in [0.2, 0.25) is 0 Å². The number of aliphatic carboxylic acids is 1. The molecule has 0 amide bonds. The first-order valence-corrected chi connectivity index (χ1v) is 7.10. The Hall–Kier alpha value is -0.940. The molecule has 0 aromatic heterocycles. The highest BCUT2D eigenvalue weighted by Crippen LogP contribution is 2.30. The van der Waals surface area contributed by atoms with Gasteiger partial charge in [-0.05, 0) is 59.9 Å². The van der Waals surface area contributed by atoms with Crippen LogP contribution < -0.4 is 0 Å². The molecule has 1 fully saturated rings. The predicted octanol–water partition coefficient (Wildman–Crippen LogP) is 3.27. The van der Waals surface area contributed by atoms with Crippen molar-refractivity contribution >= 4 is 21.9 Å². The van der Waals surface area contributed by atoms with Crippen molar-refractivity contribution in [2.75, 3.05) is 13.1 Å². The van der Waals surface area contributed by atoms with Gasteiger partial charge in [-0.3, -0.25) is 9.69 Å². The molecule has 1 aliphatic rings. The number of hydrogen-bond acceptors (Lipinski definition) is 2. The first-order chi connectivity index (χ1) is 8.90. The molecule has 1 heterocycles. The fourth-order valence-corrected chi connectivity index (χ4v) is 2.80. The Balaban J connectivity index is 2.06. The summed E-state index contributed by atoms with van der Waals surface area (Å²) >= 11 is 3.13. The SMILES string of the molecule is CC1(C(=O)O)CCCN(Cc2ccc(Br)c(F)c2)C1. The fraction of sp³-hybridized carbons (Fsp3) is 0.500. The number of likely N-dealkylation sites (tertiary alicyclic amines) is 1. The van der Waals surface area contributed by atoms with Crippen LogP contribution in [0.2, 0.25) is 0 Å². The Labute approximate surface area is 120 Å². The Bertz CT molecular complexity index is 494. The van der Waals surface area contributed by atoms with Crippen LogP contribution in [0.3, 0.4) is 0 Å². The summed E-state index contributed by atoms with van der Waals surface area (Å²) in [7, 11) is 0. The summed E-state index contributed by atoms with van der Waals surface area (Å²) in [6.07, 6.45) is 1.56. The van der Waals surface area contributed by atoms with Crippen LogP contribution in [-0.4, -0.2) is 29.1 Å². The van der Waals surface area contributed by atoms with E-state index in [1.807, 2.05) is 6.07 Å². The van der Waals surface area contributed by atoms with Crippen molar-refractivity contribution in [3.8, 4) is 0 Å². The predicted molar refractivity (Wildman–Crippen MR) is 74.4 cm³/mol. The lowest BCUT2D eigenvalue weighted by atomic mass is 9.82. The van der Waals surface area contributed by atoms with Crippen LogP contribution >= 0.6 is 15.9 Å². The second kappa shape index (κ2) is 5.59. The number of hydrogen-bond donors (Lipinski definition) is 1. The van der Waals surface area contributed by atoms with Crippen molar-refractivity contribution in [2.45, 2.75) is 26.3 Å². The lowest BCUT2D eigenvalue weighted by Gasteiger charge is -2.37. The molecule has 1 saturated heterocycles. The second-order valence-electron chi connectivity index (χ2n) is 5.43. The number of benzene rings is 1. The van der Waals surface area contributed by atoms with Gasteiger partial charge in [0.15, 0.2) is 0 Å². The lowest BCUT2D eigenvalue weighted by molar-refractivity contribution is -0.151. The number of carbonyl (C=O) groups is 1. The summed E-state index contributed by atoms with van der Waals surface area (Å²) in [6.45, 7) is 3.75. The van der Waals surface area contributed by atoms with Crippen LogP contribution in [0.5, 0.6) is 0 Å². The van der Waals surface area contributed by atoms with Gasteiger partial charge in [0, 0.05) is 13.1 Å². The molecule has 104 valence electrons. The van der Waals surface area contributed by atoms with E-state index in [1.165, 1.54) is 6.07 Å². The first-order valence-electron chi connectivity index (χ1n) is 6.30. The van der Waals surface area contributed by atoms with Crippen molar-refractivity contribution in [1.29, 1.82) is 0 Å². The maximum Gasteiger partial charge on any atom is 0.310 e. The number of carboxylic acids is 1. The maximum absolute atomic E-state index is 13.5. The van der Waals surface area contributed by atoms with Crippen molar-refractivity contribution < 1.29 is 14.3 Å². The van der Waals surface area contributed by atoms with Gasteiger partial charge in [-0.1, -0.05) is 6.07 Å². The van der Waals surface area contributed by atoms with Gasteiger partial charge in [0.05, 0.1) is 9.89 Å². The molecule has 0 aliphatic carbocycles. The van der Waals surface area contributed by atoms with Crippen LogP contribution in [0, 0.1) is 11.2 Å². The van der Waals surface area contributed by atoms with Crippen molar-refractivity contribution in [3.63, 3.8) is 0 Å². The van der Waals surface area contributed by atoms with E-state index in [2.05, 4.69) is 20.8 Å². The largest absolute Gasteiger partial charge is 0.481 e. The molecule has 1 atom stereocenters. The average Bonchev–Trinajstić information content (AvgIpc) is 2.34. The van der Waals surface area contributed by atoms with Gasteiger partial charge in [-0.25, -0.2) is 4.39 Å². The molecule has 2 rings (SSSR count). The molecule has 0 spiro atoms. The van der Waals surface area contributed by atoms with Gasteiger partial charge in [0.1, 0.15) is 5.82 Å². The lowest BCUT2D eigenvalue weighted by Crippen LogP contribution is -2.45. The minimum absolute atomic E-state index is 0.282. The van der Waals surface area contributed by atoms with E-state index in [1.54, 1.807) is 13.0 Å². The Morgan fingerprint density at radius 2 is 2.32 bits per heavy atom. The summed E-state index contributed by atoms with van der Waals surface area (Å²) in [5, 5.41) is 9.27. The van der Waals surface area contributed by atoms with Gasteiger partial charge in [-0.15, -0.1) is 0 Å². The zero-order valence-electron chi connectivity index (χ0n) is 10.8. The van der Waals surface area contributed by atoms with E-state index < -0.39 is 11.4 Å². The molecule has 0 radical (unpaired) electrons. The topological polar surface area (TPSA) is 40.5 Å². The van der Waals surface area contributed by atoms with Crippen molar-refractivity contribution in [3.05, 3.63) is 34.1 Å². The number of halogens is 2. The molecular weight excluding hydrogens is 313 g/mol. The zero-order chi connectivity index (χ0) is 14.0. The first kappa shape index (κ1) is 14.5. The Morgan fingerprint density at radius 3 is 2.95 bits per heavy atom. The molecule has 1 unspecified atom stereocenters. The molecule has 3 nitrogen and oxygen atoms in total. The number of rotatable bonds is 3. The van der Waals surface area contributed by atoms with E-state index >= 15 is 0 Å². The summed E-state index contributed by atoms with van der Waals surface area (Å²) in [6, 6.07) is 5.04. The second-order valence-corrected chi connectivity index (χ2v) is 6.28. The molecule has 1 aromatic carbocycles. The van der Waals surface area contributed by atoms with E-state index in [0.717, 1.165) is 18.5 Å². The summed E-state index contributed by atoms with van der Waals surface area (Å²) in [4.78, 5) is 13.4. The molecule has 1 N–H and O–H groups in total. The number of nitrogens with zero attached hydrogens (tertiary/aromatic N) is 1. The van der Waals surface area contributed by atoms with Crippen LogP contribution in [0.1, 0.15) is 25.3 Å². The standard InChI is InChI=1S/C14H17BrFNO2/c1-14(13(18)19)5-2-6-17(9-14)8-10-3-4-11(15)12(16)7-10/h3-4,7H,2,5-6,8-9H2,1H3,(H,18,19). The molecule has 1 aromatic rings. The smallest absolute Gasteiger partial charge is 0.310 e. The molecule has 19 heavy (non-hydrogen) atoms. The van der Waals surface area contributed by atoms with Crippen molar-refractivity contribution in [2.24, 2.45) is 5.41 Å².